The van der Waals surface area contributed by atoms with Crippen LogP contribution in [0, 0.1) is 0 Å². The molecule has 1 fully saturated rings. The van der Waals surface area contributed by atoms with Crippen molar-refractivity contribution in [1.82, 2.24) is 20.1 Å². The summed E-state index contributed by atoms with van der Waals surface area (Å²) in [5, 5.41) is 13.7. The molecule has 180 valence electrons. The van der Waals surface area contributed by atoms with Crippen molar-refractivity contribution in [2.45, 2.75) is 26.4 Å². The summed E-state index contributed by atoms with van der Waals surface area (Å²) in [6.07, 6.45) is 0.881. The van der Waals surface area contributed by atoms with Crippen LogP contribution in [-0.4, -0.2) is 71.7 Å². The second kappa shape index (κ2) is 9.96. The van der Waals surface area contributed by atoms with Gasteiger partial charge in [-0.05, 0) is 36.2 Å². The summed E-state index contributed by atoms with van der Waals surface area (Å²) >= 11 is 6.59. The van der Waals surface area contributed by atoms with Gasteiger partial charge in [-0.25, -0.2) is 0 Å². The van der Waals surface area contributed by atoms with Crippen LogP contribution in [0.25, 0.3) is 22.2 Å². The third kappa shape index (κ3) is 4.53. The van der Waals surface area contributed by atoms with E-state index in [4.69, 9.17) is 21.4 Å². The third-order valence-corrected chi connectivity index (χ3v) is 7.12. The van der Waals surface area contributed by atoms with Gasteiger partial charge in [0.15, 0.2) is 0 Å². The average Bonchev–Trinajstić information content (AvgIpc) is 3.44. The van der Waals surface area contributed by atoms with E-state index in [9.17, 15) is 4.79 Å². The van der Waals surface area contributed by atoms with Crippen LogP contribution >= 0.6 is 11.6 Å². The number of aromatic nitrogens is 1. The Morgan fingerprint density at radius 2 is 1.91 bits per heavy atom. The minimum absolute atomic E-state index is 0.103. The van der Waals surface area contributed by atoms with Crippen molar-refractivity contribution in [3.63, 3.8) is 0 Å². The lowest BCUT2D eigenvalue weighted by atomic mass is 9.99. The number of β-amino-alcohol motifs (C(OH)–C–C–N with tert-alkyl or cyclic N) is 1. The number of nitrogens with zero attached hydrogens (tertiary/aromatic N) is 2. The maximum atomic E-state index is 12.6. The van der Waals surface area contributed by atoms with Crippen LogP contribution in [0.1, 0.15) is 34.8 Å². The third-order valence-electron chi connectivity index (χ3n) is 6.70. The van der Waals surface area contributed by atoms with Crippen LogP contribution in [0.2, 0.25) is 5.02 Å². The Hall–Kier alpha value is -2.58. The highest BCUT2D eigenvalue weighted by Gasteiger charge is 2.29. The van der Waals surface area contributed by atoms with E-state index < -0.39 is 0 Å². The fourth-order valence-corrected chi connectivity index (χ4v) is 5.17. The fraction of sp³-hybridized carbons (Fsp3) is 0.423. The number of rotatable bonds is 8. The molecule has 5 rings (SSSR count). The van der Waals surface area contributed by atoms with Gasteiger partial charge in [0.25, 0.3) is 5.91 Å². The lowest BCUT2D eigenvalue weighted by molar-refractivity contribution is 0.0966. The fourth-order valence-electron chi connectivity index (χ4n) is 4.90. The summed E-state index contributed by atoms with van der Waals surface area (Å²) in [5.74, 6) is 0.516. The van der Waals surface area contributed by atoms with E-state index in [-0.39, 0.29) is 12.5 Å². The molecule has 34 heavy (non-hydrogen) atoms. The number of H-pyrrole nitrogens is 1. The number of hydrogen-bond donors (Lipinski definition) is 3. The van der Waals surface area contributed by atoms with Gasteiger partial charge in [-0.1, -0.05) is 24.6 Å². The highest BCUT2D eigenvalue weighted by atomic mass is 35.5. The van der Waals surface area contributed by atoms with Gasteiger partial charge in [-0.15, -0.1) is 0 Å². The molecule has 1 aromatic heterocycles. The van der Waals surface area contributed by atoms with E-state index in [2.05, 4.69) is 51.3 Å². The Morgan fingerprint density at radius 3 is 2.68 bits per heavy atom. The first kappa shape index (κ1) is 23.2. The van der Waals surface area contributed by atoms with Crippen LogP contribution in [-0.2, 0) is 13.1 Å². The maximum Gasteiger partial charge on any atom is 0.252 e. The molecule has 1 saturated heterocycles. The highest BCUT2D eigenvalue weighted by molar-refractivity contribution is 6.34. The number of piperazine rings is 1. The Bertz CT molecular complexity index is 1200. The predicted molar refractivity (Wildman–Crippen MR) is 135 cm³/mol. The first-order valence-electron chi connectivity index (χ1n) is 12.0. The average molecular weight is 483 g/mol. The normalized spacial score (nSPS) is 16.7. The molecule has 0 bridgehead atoms. The summed E-state index contributed by atoms with van der Waals surface area (Å²) in [6, 6.07) is 10.5. The second-order valence-electron chi connectivity index (χ2n) is 9.07. The molecule has 0 saturated carbocycles. The monoisotopic (exact) mass is 482 g/mol. The lowest BCUT2D eigenvalue weighted by Crippen LogP contribution is -2.46. The van der Waals surface area contributed by atoms with Crippen LogP contribution in [0.5, 0.6) is 5.75 Å². The molecule has 3 heterocycles. The molecule has 0 unspecified atom stereocenters. The van der Waals surface area contributed by atoms with E-state index in [0.717, 1.165) is 73.4 Å². The molecule has 2 aromatic carbocycles. The minimum Gasteiger partial charge on any atom is -0.492 e. The van der Waals surface area contributed by atoms with Gasteiger partial charge < -0.3 is 20.1 Å². The molecule has 7 nitrogen and oxygen atoms in total. The number of carbonyl (C=O) groups is 1. The molecular formula is C26H31ClN4O3. The van der Waals surface area contributed by atoms with Gasteiger partial charge in [0.1, 0.15) is 5.75 Å². The molecule has 1 amide bonds. The molecule has 0 radical (unpaired) electrons. The highest BCUT2D eigenvalue weighted by Crippen LogP contribution is 2.40. The Kier molecular flexibility index (Phi) is 6.79. The van der Waals surface area contributed by atoms with Crippen LogP contribution in [0.3, 0.4) is 0 Å². The number of aliphatic hydroxyl groups excluding tert-OH is 1. The molecule has 8 heteroatoms. The number of halogens is 1. The van der Waals surface area contributed by atoms with E-state index in [1.807, 2.05) is 6.07 Å². The number of carbonyl (C=O) groups excluding carboxylic acids is 1. The van der Waals surface area contributed by atoms with Crippen molar-refractivity contribution >= 4 is 28.4 Å². The molecule has 2 aliphatic rings. The van der Waals surface area contributed by atoms with E-state index in [0.29, 0.717) is 29.5 Å². The van der Waals surface area contributed by atoms with Gasteiger partial charge in [0.2, 0.25) is 0 Å². The predicted octanol–water partition coefficient (Wildman–Crippen LogP) is 3.63. The molecule has 0 spiro atoms. The summed E-state index contributed by atoms with van der Waals surface area (Å²) < 4.78 is 5.90. The Morgan fingerprint density at radius 1 is 1.12 bits per heavy atom. The van der Waals surface area contributed by atoms with E-state index in [1.165, 1.54) is 5.56 Å². The summed E-state index contributed by atoms with van der Waals surface area (Å²) in [4.78, 5) is 20.9. The van der Waals surface area contributed by atoms with Crippen molar-refractivity contribution < 1.29 is 14.6 Å². The zero-order valence-corrected chi connectivity index (χ0v) is 20.2. The molecule has 0 atom stereocenters. The first-order chi connectivity index (χ1) is 16.6. The van der Waals surface area contributed by atoms with Gasteiger partial charge in [-0.3, -0.25) is 14.6 Å². The van der Waals surface area contributed by atoms with Crippen LogP contribution in [0.4, 0.5) is 0 Å². The second-order valence-corrected chi connectivity index (χ2v) is 9.44. The van der Waals surface area contributed by atoms with Crippen LogP contribution in [0.15, 0.2) is 30.3 Å². The van der Waals surface area contributed by atoms with Gasteiger partial charge in [-0.2, -0.15) is 0 Å². The molecular weight excluding hydrogens is 452 g/mol. The van der Waals surface area contributed by atoms with E-state index >= 15 is 0 Å². The number of hydrogen-bond acceptors (Lipinski definition) is 5. The van der Waals surface area contributed by atoms with E-state index in [1.54, 1.807) is 0 Å². The SMILES string of the molecule is CCCOc1cc(-c2cc3cc(CN4CCN(CCO)CC4)ccc3[nH]2)c2c(c1Cl)CNC2=O. The largest absolute Gasteiger partial charge is 0.492 e. The molecule has 0 aliphatic carbocycles. The van der Waals surface area contributed by atoms with Crippen LogP contribution < -0.4 is 10.1 Å². The van der Waals surface area contributed by atoms with Gasteiger partial charge in [0, 0.05) is 73.5 Å². The number of nitrogens with one attached hydrogen (secondary N) is 2. The maximum absolute atomic E-state index is 12.6. The molecule has 3 aromatic rings. The topological polar surface area (TPSA) is 80.8 Å². The number of amides is 1. The number of aliphatic hydroxyl groups is 1. The number of benzene rings is 2. The van der Waals surface area contributed by atoms with Crippen molar-refractivity contribution in [1.29, 1.82) is 0 Å². The van der Waals surface area contributed by atoms with Crippen molar-refractivity contribution in [3.8, 4) is 17.0 Å². The first-order valence-corrected chi connectivity index (χ1v) is 12.4. The quantitative estimate of drug-likeness (QED) is 0.457. The summed E-state index contributed by atoms with van der Waals surface area (Å²) in [5.41, 5.74) is 5.43. The van der Waals surface area contributed by atoms with Gasteiger partial charge >= 0.3 is 0 Å². The number of aromatic amines is 1. The zero-order valence-electron chi connectivity index (χ0n) is 19.5. The molecule has 3 N–H and O–H groups in total. The smallest absolute Gasteiger partial charge is 0.252 e. The molecule has 2 aliphatic heterocycles. The standard InChI is InChI=1S/C26H31ClN4O3/c1-2-11-34-23-14-19(24-20(25(23)27)15-28-26(24)33)22-13-18-12-17(3-4-21(18)29-22)16-31-7-5-30(6-8-31)9-10-32/h3-4,12-14,29,32H,2,5-11,15-16H2,1H3,(H,28,33). The summed E-state index contributed by atoms with van der Waals surface area (Å²) in [7, 11) is 0. The number of fused-ring (bicyclic) bond motifs is 2. The minimum atomic E-state index is -0.103. The summed E-state index contributed by atoms with van der Waals surface area (Å²) in [6.45, 7) is 8.90. The van der Waals surface area contributed by atoms with Crippen molar-refractivity contribution in [2.24, 2.45) is 0 Å². The van der Waals surface area contributed by atoms with Crippen molar-refractivity contribution in [2.75, 3.05) is 45.9 Å². The Labute approximate surface area is 204 Å². The number of ether oxygens (including phenoxy) is 1. The van der Waals surface area contributed by atoms with Gasteiger partial charge in [0.05, 0.1) is 23.8 Å². The Balaban J connectivity index is 1.42. The van der Waals surface area contributed by atoms with Crippen molar-refractivity contribution in [3.05, 3.63) is 52.0 Å². The lowest BCUT2D eigenvalue weighted by Gasteiger charge is -2.34. The zero-order chi connectivity index (χ0) is 23.7.